The van der Waals surface area contributed by atoms with Crippen molar-refractivity contribution in [3.63, 3.8) is 0 Å². The van der Waals surface area contributed by atoms with Crippen LogP contribution in [0.25, 0.3) is 0 Å². The Balaban J connectivity index is 0.00000196. The Morgan fingerprint density at radius 1 is 1.15 bits per heavy atom. The summed E-state index contributed by atoms with van der Waals surface area (Å²) in [6.45, 7) is 4.16. The summed E-state index contributed by atoms with van der Waals surface area (Å²) in [4.78, 5) is 7.10. The molecule has 1 aromatic rings. The second-order valence-electron chi connectivity index (χ2n) is 7.51. The minimum atomic E-state index is 0. The highest BCUT2D eigenvalue weighted by Crippen LogP contribution is 2.32. The van der Waals surface area contributed by atoms with Crippen molar-refractivity contribution in [2.75, 3.05) is 33.3 Å². The van der Waals surface area contributed by atoms with Crippen LogP contribution < -0.4 is 15.4 Å². The van der Waals surface area contributed by atoms with Crippen LogP contribution in [0.15, 0.2) is 29.3 Å². The molecule has 4 rings (SSSR count). The summed E-state index contributed by atoms with van der Waals surface area (Å²) in [7, 11) is 1.87. The van der Waals surface area contributed by atoms with E-state index >= 15 is 0 Å². The average molecular weight is 470 g/mol. The number of fused-ring (bicyclic) bond motifs is 1. The maximum Gasteiger partial charge on any atom is 0.191 e. The number of nitrogens with zero attached hydrogens (tertiary/aromatic N) is 2. The highest BCUT2D eigenvalue weighted by atomic mass is 127. The van der Waals surface area contributed by atoms with Gasteiger partial charge in [-0.1, -0.05) is 18.2 Å². The molecule has 0 spiro atoms. The molecule has 26 heavy (non-hydrogen) atoms. The summed E-state index contributed by atoms with van der Waals surface area (Å²) in [6, 6.07) is 9.84. The van der Waals surface area contributed by atoms with Gasteiger partial charge in [-0.3, -0.25) is 4.99 Å². The van der Waals surface area contributed by atoms with Crippen LogP contribution in [0, 0.1) is 0 Å². The third-order valence-corrected chi connectivity index (χ3v) is 5.76. The van der Waals surface area contributed by atoms with Gasteiger partial charge in [0.1, 0.15) is 5.75 Å². The van der Waals surface area contributed by atoms with Gasteiger partial charge in [-0.15, -0.1) is 24.0 Å². The van der Waals surface area contributed by atoms with Crippen LogP contribution in [0.2, 0.25) is 0 Å². The molecule has 1 atom stereocenters. The van der Waals surface area contributed by atoms with E-state index in [1.54, 1.807) is 0 Å². The van der Waals surface area contributed by atoms with Crippen molar-refractivity contribution >= 4 is 29.9 Å². The largest absolute Gasteiger partial charge is 0.493 e. The number of rotatable bonds is 4. The molecule has 2 aliphatic heterocycles. The first-order chi connectivity index (χ1) is 12.3. The number of benzene rings is 1. The SMILES string of the molecule is CN=C(NCC1CCOc2ccccc21)NC1CCN(C2CC2)CC1.I. The molecular weight excluding hydrogens is 439 g/mol. The van der Waals surface area contributed by atoms with Crippen LogP contribution in [0.3, 0.4) is 0 Å². The van der Waals surface area contributed by atoms with Crippen molar-refractivity contribution in [3.8, 4) is 5.75 Å². The Labute approximate surface area is 174 Å². The topological polar surface area (TPSA) is 48.9 Å². The normalized spacial score (nSPS) is 24.2. The van der Waals surface area contributed by atoms with Gasteiger partial charge < -0.3 is 20.3 Å². The van der Waals surface area contributed by atoms with Crippen LogP contribution in [0.4, 0.5) is 0 Å². The summed E-state index contributed by atoms with van der Waals surface area (Å²) in [5.74, 6) is 2.46. The van der Waals surface area contributed by atoms with E-state index in [2.05, 4.69) is 38.7 Å². The smallest absolute Gasteiger partial charge is 0.191 e. The molecule has 1 saturated heterocycles. The molecule has 1 saturated carbocycles. The highest BCUT2D eigenvalue weighted by molar-refractivity contribution is 14.0. The van der Waals surface area contributed by atoms with Crippen LogP contribution in [-0.4, -0.2) is 56.2 Å². The van der Waals surface area contributed by atoms with E-state index in [9.17, 15) is 0 Å². The first kappa shape index (κ1) is 19.7. The van der Waals surface area contributed by atoms with Crippen LogP contribution in [0.1, 0.15) is 43.6 Å². The summed E-state index contributed by atoms with van der Waals surface area (Å²) in [6.07, 6.45) is 6.32. The van der Waals surface area contributed by atoms with Crippen LogP contribution >= 0.6 is 24.0 Å². The van der Waals surface area contributed by atoms with Gasteiger partial charge in [0, 0.05) is 44.7 Å². The number of piperidine rings is 1. The molecule has 3 aliphatic rings. The molecule has 144 valence electrons. The first-order valence-corrected chi connectivity index (χ1v) is 9.76. The number of halogens is 1. The molecule has 1 aromatic carbocycles. The van der Waals surface area contributed by atoms with E-state index < -0.39 is 0 Å². The Morgan fingerprint density at radius 2 is 1.92 bits per heavy atom. The molecule has 2 N–H and O–H groups in total. The molecule has 6 heteroatoms. The maximum atomic E-state index is 5.76. The number of nitrogens with one attached hydrogen (secondary N) is 2. The minimum Gasteiger partial charge on any atom is -0.493 e. The van der Waals surface area contributed by atoms with E-state index in [1.165, 1.54) is 44.3 Å². The van der Waals surface area contributed by atoms with E-state index in [0.717, 1.165) is 37.3 Å². The molecule has 0 amide bonds. The van der Waals surface area contributed by atoms with Gasteiger partial charge in [-0.2, -0.15) is 0 Å². The second kappa shape index (κ2) is 9.26. The molecule has 2 heterocycles. The minimum absolute atomic E-state index is 0. The third kappa shape index (κ3) is 4.82. The number of guanidine groups is 1. The predicted molar refractivity (Wildman–Crippen MR) is 117 cm³/mol. The lowest BCUT2D eigenvalue weighted by atomic mass is 9.93. The van der Waals surface area contributed by atoms with E-state index in [-0.39, 0.29) is 24.0 Å². The van der Waals surface area contributed by atoms with E-state index in [1.807, 2.05) is 13.1 Å². The Morgan fingerprint density at radius 3 is 2.65 bits per heavy atom. The fourth-order valence-electron chi connectivity index (χ4n) is 4.08. The predicted octanol–water partition coefficient (Wildman–Crippen LogP) is 2.96. The number of aliphatic imine (C=N–C) groups is 1. The lowest BCUT2D eigenvalue weighted by Gasteiger charge is -2.33. The van der Waals surface area contributed by atoms with E-state index in [4.69, 9.17) is 4.74 Å². The number of ether oxygens (including phenoxy) is 1. The fourth-order valence-corrected chi connectivity index (χ4v) is 4.08. The Kier molecular flexibility index (Phi) is 7.03. The van der Waals surface area contributed by atoms with E-state index in [0.29, 0.717) is 12.0 Å². The fraction of sp³-hybridized carbons (Fsp3) is 0.650. The quantitative estimate of drug-likeness (QED) is 0.404. The van der Waals surface area contributed by atoms with Crippen molar-refractivity contribution < 1.29 is 4.74 Å². The van der Waals surface area contributed by atoms with Crippen molar-refractivity contribution in [2.24, 2.45) is 4.99 Å². The molecule has 0 bridgehead atoms. The zero-order valence-electron chi connectivity index (χ0n) is 15.6. The summed E-state index contributed by atoms with van der Waals surface area (Å²) in [5, 5.41) is 7.17. The van der Waals surface area contributed by atoms with Crippen molar-refractivity contribution in [2.45, 2.75) is 50.1 Å². The standard InChI is InChI=1S/C20H30N4O.HI/c1-21-20(23-16-8-11-24(12-9-16)17-6-7-17)22-14-15-10-13-25-19-5-3-2-4-18(15)19;/h2-5,15-17H,6-14H2,1H3,(H2,21,22,23);1H. The molecule has 0 radical (unpaired) electrons. The van der Waals surface area contributed by atoms with Gasteiger partial charge in [-0.05, 0) is 43.7 Å². The molecule has 5 nitrogen and oxygen atoms in total. The monoisotopic (exact) mass is 470 g/mol. The van der Waals surface area contributed by atoms with Crippen molar-refractivity contribution in [1.82, 2.24) is 15.5 Å². The summed E-state index contributed by atoms with van der Waals surface area (Å²) >= 11 is 0. The summed E-state index contributed by atoms with van der Waals surface area (Å²) < 4.78 is 5.76. The number of para-hydroxylation sites is 1. The molecule has 1 aliphatic carbocycles. The number of likely N-dealkylation sites (tertiary alicyclic amines) is 1. The highest BCUT2D eigenvalue weighted by Gasteiger charge is 2.32. The van der Waals surface area contributed by atoms with Gasteiger partial charge in [0.25, 0.3) is 0 Å². The summed E-state index contributed by atoms with van der Waals surface area (Å²) in [5.41, 5.74) is 1.31. The Hall–Kier alpha value is -1.02. The molecule has 1 unspecified atom stereocenters. The van der Waals surface area contributed by atoms with Gasteiger partial charge >= 0.3 is 0 Å². The van der Waals surface area contributed by atoms with Gasteiger partial charge in [0.05, 0.1) is 6.61 Å². The first-order valence-electron chi connectivity index (χ1n) is 9.76. The van der Waals surface area contributed by atoms with Crippen LogP contribution in [-0.2, 0) is 0 Å². The zero-order chi connectivity index (χ0) is 17.1. The number of hydrogen-bond acceptors (Lipinski definition) is 3. The number of hydrogen-bond donors (Lipinski definition) is 2. The van der Waals surface area contributed by atoms with Gasteiger partial charge in [0.15, 0.2) is 5.96 Å². The van der Waals surface area contributed by atoms with Gasteiger partial charge in [0.2, 0.25) is 0 Å². The van der Waals surface area contributed by atoms with Crippen molar-refractivity contribution in [1.29, 1.82) is 0 Å². The molecular formula is C20H31IN4O. The maximum absolute atomic E-state index is 5.76. The average Bonchev–Trinajstić information content (AvgIpc) is 3.51. The van der Waals surface area contributed by atoms with Crippen LogP contribution in [0.5, 0.6) is 5.75 Å². The third-order valence-electron chi connectivity index (χ3n) is 5.76. The molecule has 2 fully saturated rings. The Bertz CT molecular complexity index is 612. The second-order valence-corrected chi connectivity index (χ2v) is 7.51. The lowest BCUT2D eigenvalue weighted by molar-refractivity contribution is 0.197. The molecule has 0 aromatic heterocycles. The zero-order valence-corrected chi connectivity index (χ0v) is 17.9. The lowest BCUT2D eigenvalue weighted by Crippen LogP contribution is -2.49. The van der Waals surface area contributed by atoms with Crippen molar-refractivity contribution in [3.05, 3.63) is 29.8 Å². The van der Waals surface area contributed by atoms with Gasteiger partial charge in [-0.25, -0.2) is 0 Å².